The van der Waals surface area contributed by atoms with Crippen LogP contribution in [0.4, 0.5) is 0 Å². The molecule has 3 rings (SSSR count). The molecule has 2 unspecified atom stereocenters. The van der Waals surface area contributed by atoms with Gasteiger partial charge in [0.25, 0.3) is 5.91 Å². The number of hydrogen-bond donors (Lipinski definition) is 1. The summed E-state index contributed by atoms with van der Waals surface area (Å²) < 4.78 is 17.8. The van der Waals surface area contributed by atoms with E-state index in [1.807, 2.05) is 30.3 Å². The highest BCUT2D eigenvalue weighted by atomic mass is 79.9. The number of esters is 1. The smallest absolute Gasteiger partial charge is 0.355 e. The van der Waals surface area contributed by atoms with Gasteiger partial charge in [-0.2, -0.15) is 0 Å². The van der Waals surface area contributed by atoms with Crippen LogP contribution < -0.4 is 5.32 Å². The highest BCUT2D eigenvalue weighted by molar-refractivity contribution is 9.09. The van der Waals surface area contributed by atoms with Crippen LogP contribution in [0.25, 0.3) is 0 Å². The summed E-state index contributed by atoms with van der Waals surface area (Å²) >= 11 is 6.46. The topological polar surface area (TPSA) is 92.8 Å². The van der Waals surface area contributed by atoms with E-state index in [9.17, 15) is 18.6 Å². The van der Waals surface area contributed by atoms with Crippen LogP contribution in [0.1, 0.15) is 5.56 Å². The third-order valence-corrected chi connectivity index (χ3v) is 7.05. The highest BCUT2D eigenvalue weighted by Gasteiger charge is 2.57. The molecule has 10 heteroatoms. The van der Waals surface area contributed by atoms with Gasteiger partial charge in [-0.05, 0) is 11.1 Å². The minimum Gasteiger partial charge on any atom is -0.460 e. The number of hydrogen-bond acceptors (Lipinski definition) is 5. The molecule has 0 saturated carbocycles. The van der Waals surface area contributed by atoms with Crippen LogP contribution in [0.15, 0.2) is 41.6 Å². The second kappa shape index (κ2) is 9.32. The minimum absolute atomic E-state index is 0.118. The van der Waals surface area contributed by atoms with E-state index in [1.165, 1.54) is 4.90 Å². The van der Waals surface area contributed by atoms with E-state index in [2.05, 4.69) is 37.2 Å². The maximum absolute atomic E-state index is 12.7. The van der Waals surface area contributed by atoms with Crippen molar-refractivity contribution in [1.82, 2.24) is 10.2 Å². The second-order valence-electron chi connectivity index (χ2n) is 6.24. The van der Waals surface area contributed by atoms with Crippen molar-refractivity contribution < 1.29 is 23.3 Å². The molecule has 0 aromatic heterocycles. The molecule has 2 aliphatic rings. The van der Waals surface area contributed by atoms with Gasteiger partial charge in [-0.1, -0.05) is 62.2 Å². The number of ether oxygens (including phenoxy) is 1. The maximum Gasteiger partial charge on any atom is 0.355 e. The Balaban J connectivity index is 1.75. The number of carbonyl (C=O) groups is 3. The van der Waals surface area contributed by atoms with E-state index >= 15 is 0 Å². The van der Waals surface area contributed by atoms with E-state index in [-0.39, 0.29) is 30.4 Å². The summed E-state index contributed by atoms with van der Waals surface area (Å²) in [5, 5.41) is 2.67. The number of carbonyl (C=O) groups excluding carboxylic acids is 3. The Hall–Kier alpha value is -1.52. The fraction of sp³-hybridized carbons (Fsp3) is 0.389. The predicted octanol–water partition coefficient (Wildman–Crippen LogP) is 1.23. The Morgan fingerprint density at radius 1 is 1.25 bits per heavy atom. The van der Waals surface area contributed by atoms with Gasteiger partial charge in [-0.3, -0.25) is 18.7 Å². The molecule has 3 atom stereocenters. The van der Waals surface area contributed by atoms with E-state index in [4.69, 9.17) is 4.74 Å². The van der Waals surface area contributed by atoms with Crippen LogP contribution in [0.3, 0.4) is 0 Å². The van der Waals surface area contributed by atoms with Crippen molar-refractivity contribution in [2.45, 2.75) is 17.8 Å². The number of halogens is 2. The first-order chi connectivity index (χ1) is 13.5. The largest absolute Gasteiger partial charge is 0.460 e. The Labute approximate surface area is 181 Å². The molecule has 1 fully saturated rings. The monoisotopic (exact) mass is 532 g/mol. The molecule has 2 amide bonds. The Bertz CT molecular complexity index is 846. The Kier molecular flexibility index (Phi) is 7.05. The van der Waals surface area contributed by atoms with Crippen LogP contribution in [0.5, 0.6) is 0 Å². The van der Waals surface area contributed by atoms with Crippen molar-refractivity contribution >= 4 is 60.4 Å². The molecule has 1 saturated heterocycles. The number of nitrogens with one attached hydrogen (secondary N) is 1. The molecule has 0 aliphatic carbocycles. The number of amides is 2. The summed E-state index contributed by atoms with van der Waals surface area (Å²) in [5.41, 5.74) is 1.49. The zero-order valence-electron chi connectivity index (χ0n) is 14.7. The van der Waals surface area contributed by atoms with Crippen molar-refractivity contribution in [2.24, 2.45) is 0 Å². The average Bonchev–Trinajstić information content (AvgIpc) is 2.70. The number of alkyl halides is 2. The van der Waals surface area contributed by atoms with E-state index in [1.54, 1.807) is 0 Å². The number of benzene rings is 1. The first-order valence-electron chi connectivity index (χ1n) is 8.52. The molecule has 150 valence electrons. The van der Waals surface area contributed by atoms with Gasteiger partial charge in [0.15, 0.2) is 0 Å². The van der Waals surface area contributed by atoms with E-state index < -0.39 is 34.1 Å². The molecule has 2 aliphatic heterocycles. The molecular weight excluding hydrogens is 516 g/mol. The molecule has 1 aromatic rings. The molecule has 28 heavy (non-hydrogen) atoms. The van der Waals surface area contributed by atoms with Crippen molar-refractivity contribution in [1.29, 1.82) is 0 Å². The van der Waals surface area contributed by atoms with Crippen LogP contribution in [-0.4, -0.2) is 61.3 Å². The lowest BCUT2D eigenvalue weighted by Crippen LogP contribution is -2.73. The molecule has 0 radical (unpaired) electrons. The summed E-state index contributed by atoms with van der Waals surface area (Å²) in [6, 6.07) is 8.22. The Morgan fingerprint density at radius 3 is 2.61 bits per heavy atom. The molecular formula is C18H18Br2N2O5S. The van der Waals surface area contributed by atoms with Gasteiger partial charge < -0.3 is 10.1 Å². The summed E-state index contributed by atoms with van der Waals surface area (Å²) in [7, 11) is -1.43. The maximum atomic E-state index is 12.7. The number of fused-ring (bicyclic) bond motifs is 1. The first kappa shape index (κ1) is 21.2. The van der Waals surface area contributed by atoms with Crippen LogP contribution >= 0.6 is 31.9 Å². The summed E-state index contributed by atoms with van der Waals surface area (Å²) in [5.74, 6) is -1.27. The van der Waals surface area contributed by atoms with Crippen LogP contribution in [0.2, 0.25) is 0 Å². The lowest BCUT2D eigenvalue weighted by atomic mass is 10.0. The SMILES string of the molecule is O=C(Cc1ccccc1)NC1C(=O)N2C(C(=O)OCCBr)=C(CBr)CS(=O)[C@H]12. The molecule has 1 N–H and O–H groups in total. The quantitative estimate of drug-likeness (QED) is 0.323. The first-order valence-corrected chi connectivity index (χ1v) is 12.1. The van der Waals surface area contributed by atoms with Crippen molar-refractivity contribution in [3.8, 4) is 0 Å². The third kappa shape index (κ3) is 4.23. The number of rotatable bonds is 7. The van der Waals surface area contributed by atoms with E-state index in [0.29, 0.717) is 16.2 Å². The van der Waals surface area contributed by atoms with Crippen molar-refractivity contribution in [3.63, 3.8) is 0 Å². The van der Waals surface area contributed by atoms with Gasteiger partial charge in [0.1, 0.15) is 23.7 Å². The van der Waals surface area contributed by atoms with Crippen LogP contribution in [0, 0.1) is 0 Å². The number of nitrogens with zero attached hydrogens (tertiary/aromatic N) is 1. The standard InChI is InChI=1S/C18H18Br2N2O5S/c19-6-7-27-18(25)15-12(9-20)10-28(26)17-14(16(24)22(15)17)21-13(23)8-11-4-2-1-3-5-11/h1-5,14,17H,6-10H2,(H,21,23)/t14?,17-,28?/m1/s1. The van der Waals surface area contributed by atoms with Gasteiger partial charge in [-0.15, -0.1) is 0 Å². The minimum atomic E-state index is -1.43. The third-order valence-electron chi connectivity index (χ3n) is 4.39. The van der Waals surface area contributed by atoms with Gasteiger partial charge in [0.2, 0.25) is 5.91 Å². The van der Waals surface area contributed by atoms with Gasteiger partial charge >= 0.3 is 5.97 Å². The van der Waals surface area contributed by atoms with Gasteiger partial charge in [-0.25, -0.2) is 4.79 Å². The summed E-state index contributed by atoms with van der Waals surface area (Å²) in [4.78, 5) is 38.7. The zero-order valence-corrected chi connectivity index (χ0v) is 18.7. The number of β-lactam (4-membered cyclic amide) rings is 1. The van der Waals surface area contributed by atoms with Crippen molar-refractivity contribution in [3.05, 3.63) is 47.2 Å². The highest BCUT2D eigenvalue weighted by Crippen LogP contribution is 2.35. The average molecular weight is 534 g/mol. The zero-order chi connectivity index (χ0) is 20.3. The van der Waals surface area contributed by atoms with Crippen molar-refractivity contribution in [2.75, 3.05) is 23.0 Å². The van der Waals surface area contributed by atoms with Gasteiger partial charge in [0.05, 0.1) is 23.0 Å². The fourth-order valence-electron chi connectivity index (χ4n) is 3.15. The molecule has 1 aromatic carbocycles. The fourth-order valence-corrected chi connectivity index (χ4v) is 5.72. The predicted molar refractivity (Wildman–Crippen MR) is 111 cm³/mol. The lowest BCUT2D eigenvalue weighted by Gasteiger charge is -2.49. The molecule has 7 nitrogen and oxygen atoms in total. The molecule has 0 bridgehead atoms. The van der Waals surface area contributed by atoms with Crippen LogP contribution in [-0.2, 0) is 36.3 Å². The molecule has 0 spiro atoms. The van der Waals surface area contributed by atoms with E-state index in [0.717, 1.165) is 5.56 Å². The molecule has 2 heterocycles. The summed E-state index contributed by atoms with van der Waals surface area (Å²) in [6.07, 6.45) is 0.118. The normalized spacial score (nSPS) is 23.7. The summed E-state index contributed by atoms with van der Waals surface area (Å²) in [6.45, 7) is 0.158. The lowest BCUT2D eigenvalue weighted by molar-refractivity contribution is -0.152. The Morgan fingerprint density at radius 2 is 1.96 bits per heavy atom. The second-order valence-corrected chi connectivity index (χ2v) is 9.13. The van der Waals surface area contributed by atoms with Gasteiger partial charge in [0, 0.05) is 10.7 Å².